The number of halogens is 7. The van der Waals surface area contributed by atoms with Crippen LogP contribution in [0.25, 0.3) is 11.0 Å². The predicted molar refractivity (Wildman–Crippen MR) is 61.5 cm³/mol. The molecule has 1 aromatic carbocycles. The summed E-state index contributed by atoms with van der Waals surface area (Å²) >= 11 is 11.4. The summed E-state index contributed by atoms with van der Waals surface area (Å²) in [5, 5.41) is -0.215. The van der Waals surface area contributed by atoms with Crippen molar-refractivity contribution < 1.29 is 17.6 Å². The number of hydrogen-bond acceptors (Lipinski definition) is 1. The Balaban J connectivity index is 2.86. The highest BCUT2D eigenvalue weighted by Crippen LogP contribution is 2.40. The highest BCUT2D eigenvalue weighted by Gasteiger charge is 2.36. The molecule has 0 aliphatic carbocycles. The molecule has 0 bridgehead atoms. The van der Waals surface area contributed by atoms with E-state index in [-0.39, 0.29) is 25.0 Å². The molecule has 1 heterocycles. The van der Waals surface area contributed by atoms with E-state index >= 15 is 0 Å². The zero-order valence-corrected chi connectivity index (χ0v) is 11.5. The van der Waals surface area contributed by atoms with Crippen LogP contribution in [0.2, 0.25) is 5.02 Å². The van der Waals surface area contributed by atoms with Gasteiger partial charge in [0.15, 0.2) is 5.82 Å². The van der Waals surface area contributed by atoms with Crippen molar-refractivity contribution >= 4 is 54.5 Å². The van der Waals surface area contributed by atoms with E-state index in [9.17, 15) is 17.6 Å². The third kappa shape index (κ3) is 2.06. The van der Waals surface area contributed by atoms with Crippen LogP contribution in [-0.4, -0.2) is 9.97 Å². The molecule has 9 heteroatoms. The summed E-state index contributed by atoms with van der Waals surface area (Å²) in [6, 6.07) is 0. The lowest BCUT2D eigenvalue weighted by Crippen LogP contribution is -2.06. The molecule has 0 aliphatic rings. The maximum absolute atomic E-state index is 13.5. The van der Waals surface area contributed by atoms with Gasteiger partial charge in [-0.1, -0.05) is 11.6 Å². The van der Waals surface area contributed by atoms with Crippen LogP contribution in [0.3, 0.4) is 0 Å². The normalized spacial score (nSPS) is 12.4. The lowest BCUT2D eigenvalue weighted by atomic mass is 10.3. The number of alkyl halides is 3. The van der Waals surface area contributed by atoms with E-state index < -0.39 is 17.8 Å². The highest BCUT2D eigenvalue weighted by atomic mass is 79.9. The molecule has 17 heavy (non-hydrogen) atoms. The van der Waals surface area contributed by atoms with E-state index in [4.69, 9.17) is 11.6 Å². The molecule has 2 aromatic rings. The van der Waals surface area contributed by atoms with Gasteiger partial charge >= 0.3 is 6.18 Å². The molecule has 2 nitrogen and oxygen atoms in total. The SMILES string of the molecule is Fc1c(Br)c(Cl)c2nc(C(F)(F)F)[nH]c2c1Br. The van der Waals surface area contributed by atoms with E-state index in [1.54, 1.807) is 0 Å². The van der Waals surface area contributed by atoms with Crippen LogP contribution >= 0.6 is 43.5 Å². The first-order valence-electron chi connectivity index (χ1n) is 4.02. The Morgan fingerprint density at radius 3 is 2.29 bits per heavy atom. The molecule has 2 rings (SSSR count). The van der Waals surface area contributed by atoms with Crippen LogP contribution in [0.5, 0.6) is 0 Å². The molecular weight excluding hydrogens is 395 g/mol. The summed E-state index contributed by atoms with van der Waals surface area (Å²) in [5.74, 6) is -2.02. The minimum Gasteiger partial charge on any atom is -0.333 e. The number of benzene rings is 1. The Bertz CT molecular complexity index is 563. The number of fused-ring (bicyclic) bond motifs is 1. The number of H-pyrrole nitrogens is 1. The summed E-state index contributed by atoms with van der Waals surface area (Å²) in [4.78, 5) is 5.29. The predicted octanol–water partition coefficient (Wildman–Crippen LogP) is 4.90. The van der Waals surface area contributed by atoms with E-state index in [0.29, 0.717) is 0 Å². The van der Waals surface area contributed by atoms with Crippen molar-refractivity contribution in [3.05, 3.63) is 25.6 Å². The minimum absolute atomic E-state index is 0.136. The Morgan fingerprint density at radius 2 is 1.76 bits per heavy atom. The molecule has 0 amide bonds. The Kier molecular flexibility index (Phi) is 3.16. The largest absolute Gasteiger partial charge is 0.449 e. The van der Waals surface area contributed by atoms with E-state index in [0.717, 1.165) is 0 Å². The van der Waals surface area contributed by atoms with Crippen LogP contribution in [0.1, 0.15) is 5.82 Å². The van der Waals surface area contributed by atoms with Crippen LogP contribution in [0.15, 0.2) is 8.95 Å². The Labute approximate surface area is 114 Å². The van der Waals surface area contributed by atoms with Crippen molar-refractivity contribution in [1.82, 2.24) is 9.97 Å². The average Bonchev–Trinajstić information content (AvgIpc) is 2.67. The molecular formula is C8HBr2ClF4N2. The first-order valence-corrected chi connectivity index (χ1v) is 5.98. The van der Waals surface area contributed by atoms with Gasteiger partial charge in [0, 0.05) is 0 Å². The molecule has 92 valence electrons. The molecule has 0 aliphatic heterocycles. The summed E-state index contributed by atoms with van der Waals surface area (Å²) in [6.07, 6.45) is -4.65. The summed E-state index contributed by atoms with van der Waals surface area (Å²) < 4.78 is 50.5. The zero-order valence-electron chi connectivity index (χ0n) is 7.59. The summed E-state index contributed by atoms with van der Waals surface area (Å²) in [5.41, 5.74) is -0.290. The van der Waals surface area contributed by atoms with E-state index in [1.807, 2.05) is 4.98 Å². The van der Waals surface area contributed by atoms with E-state index in [1.165, 1.54) is 0 Å². The standard InChI is InChI=1S/C8HBr2ClF4N2/c9-1-3(11)6-5(2(10)4(1)12)16-7(17-6)8(13,14)15/h(H,16,17). The number of imidazole rings is 1. The van der Waals surface area contributed by atoms with Gasteiger partial charge in [-0.3, -0.25) is 0 Å². The number of nitrogens with zero attached hydrogens (tertiary/aromatic N) is 1. The van der Waals surface area contributed by atoms with Crippen LogP contribution < -0.4 is 0 Å². The molecule has 1 aromatic heterocycles. The quantitative estimate of drug-likeness (QED) is 0.383. The topological polar surface area (TPSA) is 28.7 Å². The van der Waals surface area contributed by atoms with Crippen molar-refractivity contribution in [3.8, 4) is 0 Å². The second-order valence-electron chi connectivity index (χ2n) is 3.06. The smallest absolute Gasteiger partial charge is 0.333 e. The van der Waals surface area contributed by atoms with Gasteiger partial charge in [0.2, 0.25) is 5.82 Å². The third-order valence-electron chi connectivity index (χ3n) is 1.98. The lowest BCUT2D eigenvalue weighted by molar-refractivity contribution is -0.144. The van der Waals surface area contributed by atoms with Gasteiger partial charge in [-0.2, -0.15) is 13.2 Å². The summed E-state index contributed by atoms with van der Waals surface area (Å²) in [7, 11) is 0. The third-order valence-corrected chi connectivity index (χ3v) is 4.06. The van der Waals surface area contributed by atoms with Crippen molar-refractivity contribution in [2.45, 2.75) is 6.18 Å². The first-order chi connectivity index (χ1) is 7.73. The second kappa shape index (κ2) is 4.10. The molecule has 0 unspecified atom stereocenters. The van der Waals surface area contributed by atoms with E-state index in [2.05, 4.69) is 36.8 Å². The minimum atomic E-state index is -4.65. The molecule has 1 N–H and O–H groups in total. The van der Waals surface area contributed by atoms with Crippen LogP contribution in [-0.2, 0) is 6.18 Å². The maximum Gasteiger partial charge on any atom is 0.449 e. The fourth-order valence-corrected chi connectivity index (χ4v) is 2.59. The lowest BCUT2D eigenvalue weighted by Gasteiger charge is -2.01. The summed E-state index contributed by atoms with van der Waals surface area (Å²) in [6.45, 7) is 0. The fraction of sp³-hybridized carbons (Fsp3) is 0.125. The van der Waals surface area contributed by atoms with Gasteiger partial charge in [0.25, 0.3) is 0 Å². The average molecular weight is 396 g/mol. The molecule has 0 atom stereocenters. The van der Waals surface area contributed by atoms with Crippen molar-refractivity contribution in [3.63, 3.8) is 0 Å². The van der Waals surface area contributed by atoms with Gasteiger partial charge in [-0.25, -0.2) is 9.37 Å². The second-order valence-corrected chi connectivity index (χ2v) is 5.03. The Hall–Kier alpha value is -0.340. The van der Waals surface area contributed by atoms with Gasteiger partial charge in [-0.15, -0.1) is 0 Å². The molecule has 0 saturated carbocycles. The zero-order chi connectivity index (χ0) is 13.0. The number of hydrogen-bond donors (Lipinski definition) is 1. The monoisotopic (exact) mass is 394 g/mol. The van der Waals surface area contributed by atoms with Gasteiger partial charge in [0.05, 0.1) is 19.5 Å². The molecule has 0 saturated heterocycles. The van der Waals surface area contributed by atoms with Gasteiger partial charge in [-0.05, 0) is 31.9 Å². The fourth-order valence-electron chi connectivity index (χ4n) is 1.23. The highest BCUT2D eigenvalue weighted by molar-refractivity contribution is 9.11. The number of rotatable bonds is 0. The van der Waals surface area contributed by atoms with Crippen LogP contribution in [0, 0.1) is 5.82 Å². The van der Waals surface area contributed by atoms with Crippen molar-refractivity contribution in [2.75, 3.05) is 0 Å². The maximum atomic E-state index is 13.5. The van der Waals surface area contributed by atoms with Crippen LogP contribution in [0.4, 0.5) is 17.6 Å². The Morgan fingerprint density at radius 1 is 1.18 bits per heavy atom. The number of aromatic nitrogens is 2. The number of aromatic amines is 1. The first kappa shape index (κ1) is 13.1. The number of nitrogens with one attached hydrogen (secondary N) is 1. The molecule has 0 radical (unpaired) electrons. The van der Waals surface area contributed by atoms with Gasteiger partial charge < -0.3 is 4.98 Å². The van der Waals surface area contributed by atoms with Gasteiger partial charge in [0.1, 0.15) is 5.52 Å². The molecule has 0 spiro atoms. The van der Waals surface area contributed by atoms with Crippen molar-refractivity contribution in [1.29, 1.82) is 0 Å². The molecule has 0 fully saturated rings. The van der Waals surface area contributed by atoms with Crippen molar-refractivity contribution in [2.24, 2.45) is 0 Å².